The van der Waals surface area contributed by atoms with Crippen LogP contribution in [0.3, 0.4) is 0 Å². The van der Waals surface area contributed by atoms with E-state index in [1.54, 1.807) is 0 Å². The summed E-state index contributed by atoms with van der Waals surface area (Å²) in [4.78, 5) is 21.6. The Kier molecular flexibility index (Phi) is 3.00. The molecule has 1 unspecified atom stereocenters. The maximum absolute atomic E-state index is 10.9. The molecule has 7 heteroatoms. The van der Waals surface area contributed by atoms with E-state index in [1.807, 2.05) is 0 Å². The normalized spacial score (nSPS) is 12.1. The number of quaternary nitrogens is 1. The van der Waals surface area contributed by atoms with Crippen molar-refractivity contribution in [3.8, 4) is 0 Å². The van der Waals surface area contributed by atoms with E-state index in [9.17, 15) is 14.8 Å². The predicted octanol–water partition coefficient (Wildman–Crippen LogP) is -1.71. The molecule has 15 heavy (non-hydrogen) atoms. The van der Waals surface area contributed by atoms with Crippen LogP contribution in [0.4, 0.5) is 5.69 Å². The lowest BCUT2D eigenvalue weighted by Crippen LogP contribution is -2.99. The van der Waals surface area contributed by atoms with E-state index < -0.39 is 17.0 Å². The number of rotatable bonds is 3. The lowest BCUT2D eigenvalue weighted by molar-refractivity contribution is -0.991. The van der Waals surface area contributed by atoms with Gasteiger partial charge in [0.2, 0.25) is 5.91 Å². The van der Waals surface area contributed by atoms with Gasteiger partial charge in [0.15, 0.2) is 5.69 Å². The molecular weight excluding hydrogens is 202 g/mol. The lowest BCUT2D eigenvalue weighted by atomic mass is 10.1. The number of amides is 2. The van der Waals surface area contributed by atoms with Crippen LogP contribution in [-0.4, -0.2) is 17.0 Å². The van der Waals surface area contributed by atoms with Gasteiger partial charge in [0.05, 0.1) is 0 Å². The third kappa shape index (κ3) is 2.29. The number of carbonyl (C=O) groups is 2. The summed E-state index contributed by atoms with van der Waals surface area (Å²) in [6, 6.07) is 3.42. The molecule has 0 aliphatic rings. The summed E-state index contributed by atoms with van der Waals surface area (Å²) in [7, 11) is 0. The minimum atomic E-state index is -1.34. The fourth-order valence-corrected chi connectivity index (χ4v) is 1.09. The maximum Gasteiger partial charge on any atom is 0.254 e. The van der Waals surface area contributed by atoms with Crippen LogP contribution in [0.2, 0.25) is 0 Å². The molecule has 0 bridgehead atoms. The average Bonchev–Trinajstić information content (AvgIpc) is 2.16. The second-order valence-electron chi connectivity index (χ2n) is 2.79. The number of benzene rings is 1. The van der Waals surface area contributed by atoms with E-state index in [0.717, 1.165) is 12.1 Å². The third-order valence-electron chi connectivity index (χ3n) is 1.80. The van der Waals surface area contributed by atoms with Gasteiger partial charge in [-0.15, -0.1) is 0 Å². The van der Waals surface area contributed by atoms with Crippen LogP contribution in [0.5, 0.6) is 0 Å². The van der Waals surface area contributed by atoms with Crippen molar-refractivity contribution in [2.45, 2.75) is 0 Å². The van der Waals surface area contributed by atoms with Crippen molar-refractivity contribution in [1.29, 1.82) is 0 Å². The Morgan fingerprint density at radius 3 is 2.27 bits per heavy atom. The van der Waals surface area contributed by atoms with Gasteiger partial charge in [-0.25, -0.2) is 5.21 Å². The van der Waals surface area contributed by atoms with Gasteiger partial charge in [-0.05, 0) is 12.1 Å². The number of hydrogen-bond donors (Lipinski definition) is 4. The lowest BCUT2D eigenvalue weighted by Gasteiger charge is -2.14. The molecule has 7 nitrogen and oxygen atoms in total. The highest BCUT2D eigenvalue weighted by Crippen LogP contribution is 2.12. The van der Waals surface area contributed by atoms with Crippen LogP contribution < -0.4 is 16.7 Å². The van der Waals surface area contributed by atoms with Gasteiger partial charge in [-0.1, -0.05) is 0 Å². The maximum atomic E-state index is 10.9. The fraction of sp³-hybridized carbons (Fsp3) is 0. The molecular formula is C8H9N3O4. The second kappa shape index (κ2) is 4.05. The zero-order chi connectivity index (χ0) is 11.6. The van der Waals surface area contributed by atoms with Gasteiger partial charge in [0, 0.05) is 11.6 Å². The van der Waals surface area contributed by atoms with Crippen molar-refractivity contribution in [2.75, 3.05) is 0 Å². The molecule has 0 radical (unpaired) electrons. The first-order valence-corrected chi connectivity index (χ1v) is 3.90. The van der Waals surface area contributed by atoms with Gasteiger partial charge in [0.1, 0.15) is 5.56 Å². The second-order valence-corrected chi connectivity index (χ2v) is 2.79. The summed E-state index contributed by atoms with van der Waals surface area (Å²) in [5.74, 6) is -1.64. The van der Waals surface area contributed by atoms with Gasteiger partial charge < -0.3 is 16.7 Å². The first-order chi connectivity index (χ1) is 6.93. The van der Waals surface area contributed by atoms with Crippen molar-refractivity contribution in [3.63, 3.8) is 0 Å². The summed E-state index contributed by atoms with van der Waals surface area (Å²) in [6.45, 7) is 0. The molecule has 0 aliphatic heterocycles. The molecule has 0 aromatic heterocycles. The van der Waals surface area contributed by atoms with Crippen molar-refractivity contribution in [1.82, 2.24) is 0 Å². The SMILES string of the molecule is NC(=O)c1ccc(C(N)=O)c([NH+]([O-])O)c1. The van der Waals surface area contributed by atoms with Crippen LogP contribution >= 0.6 is 0 Å². The molecule has 1 aromatic rings. The van der Waals surface area contributed by atoms with E-state index in [2.05, 4.69) is 0 Å². The summed E-state index contributed by atoms with van der Waals surface area (Å²) in [6.07, 6.45) is 0. The van der Waals surface area contributed by atoms with Crippen LogP contribution in [-0.2, 0) is 0 Å². The fourth-order valence-electron chi connectivity index (χ4n) is 1.09. The van der Waals surface area contributed by atoms with E-state index in [0.29, 0.717) is 0 Å². The van der Waals surface area contributed by atoms with Crippen molar-refractivity contribution in [3.05, 3.63) is 34.5 Å². The van der Waals surface area contributed by atoms with E-state index in [1.165, 1.54) is 6.07 Å². The standard InChI is InChI=1S/C8H9N3O4/c9-7(12)4-1-2-5(8(10)13)6(3-4)11(14)15/h1-3,11,14H,(H2,9,12)(H2,10,13). The quantitative estimate of drug-likeness (QED) is 0.442. The minimum absolute atomic E-state index is 0.0115. The molecule has 0 aliphatic carbocycles. The smallest absolute Gasteiger partial charge is 0.254 e. The predicted molar refractivity (Wildman–Crippen MR) is 49.3 cm³/mol. The summed E-state index contributed by atoms with van der Waals surface area (Å²) < 4.78 is 0. The van der Waals surface area contributed by atoms with Gasteiger partial charge >= 0.3 is 0 Å². The van der Waals surface area contributed by atoms with Crippen molar-refractivity contribution >= 4 is 17.5 Å². The molecule has 6 N–H and O–H groups in total. The molecule has 80 valence electrons. The summed E-state index contributed by atoms with van der Waals surface area (Å²) in [5.41, 5.74) is 9.44. The molecule has 2 amide bonds. The first kappa shape index (κ1) is 11.1. The molecule has 0 saturated carbocycles. The number of nitrogens with one attached hydrogen (secondary N) is 1. The molecule has 1 atom stereocenters. The highest BCUT2D eigenvalue weighted by atomic mass is 16.8. The van der Waals surface area contributed by atoms with Gasteiger partial charge in [-0.3, -0.25) is 9.59 Å². The minimum Gasteiger partial charge on any atom is -0.595 e. The van der Waals surface area contributed by atoms with Crippen molar-refractivity contribution in [2.24, 2.45) is 11.5 Å². The molecule has 0 heterocycles. The highest BCUT2D eigenvalue weighted by Gasteiger charge is 2.16. The van der Waals surface area contributed by atoms with E-state index in [4.69, 9.17) is 16.7 Å². The Morgan fingerprint density at radius 2 is 1.87 bits per heavy atom. The Morgan fingerprint density at radius 1 is 1.27 bits per heavy atom. The highest BCUT2D eigenvalue weighted by molar-refractivity contribution is 6.00. The number of hydrogen-bond acceptors (Lipinski definition) is 4. The van der Waals surface area contributed by atoms with Crippen molar-refractivity contribution < 1.29 is 20.0 Å². The Hall–Kier alpha value is -1.96. The monoisotopic (exact) mass is 211 g/mol. The Bertz CT molecular complexity index is 416. The molecule has 0 saturated heterocycles. The average molecular weight is 211 g/mol. The number of carbonyl (C=O) groups excluding carboxylic acids is 2. The Balaban J connectivity index is 3.33. The Labute approximate surface area is 84.4 Å². The summed E-state index contributed by atoms with van der Waals surface area (Å²) >= 11 is 0. The van der Waals surface area contributed by atoms with Crippen LogP contribution in [0.15, 0.2) is 18.2 Å². The first-order valence-electron chi connectivity index (χ1n) is 3.90. The van der Waals surface area contributed by atoms with Crippen LogP contribution in [0.25, 0.3) is 0 Å². The molecule has 1 aromatic carbocycles. The zero-order valence-electron chi connectivity index (χ0n) is 7.56. The third-order valence-corrected chi connectivity index (χ3v) is 1.80. The van der Waals surface area contributed by atoms with Crippen LogP contribution in [0.1, 0.15) is 20.7 Å². The largest absolute Gasteiger partial charge is 0.595 e. The van der Waals surface area contributed by atoms with Gasteiger partial charge in [-0.2, -0.15) is 5.23 Å². The number of nitrogens with two attached hydrogens (primary N) is 2. The molecule has 0 spiro atoms. The zero-order valence-corrected chi connectivity index (χ0v) is 7.56. The topological polar surface area (TPSA) is 134 Å². The van der Waals surface area contributed by atoms with Crippen LogP contribution in [0, 0.1) is 5.21 Å². The number of primary amides is 2. The summed E-state index contributed by atoms with van der Waals surface area (Å²) in [5, 5.41) is 18.2. The van der Waals surface area contributed by atoms with E-state index in [-0.39, 0.29) is 16.8 Å². The van der Waals surface area contributed by atoms with Gasteiger partial charge in [0.25, 0.3) is 5.91 Å². The molecule has 1 rings (SSSR count). The molecule has 0 fully saturated rings. The van der Waals surface area contributed by atoms with E-state index >= 15 is 0 Å².